The Bertz CT molecular complexity index is 825. The zero-order valence-corrected chi connectivity index (χ0v) is 23.5. The molecule has 0 aromatic heterocycles. The van der Waals surface area contributed by atoms with Crippen LogP contribution in [-0.4, -0.2) is 60.3 Å². The van der Waals surface area contributed by atoms with Crippen LogP contribution in [0.3, 0.4) is 0 Å². The van der Waals surface area contributed by atoms with E-state index in [0.717, 1.165) is 12.8 Å². The minimum Gasteiger partial charge on any atom is -0.481 e. The summed E-state index contributed by atoms with van der Waals surface area (Å²) in [6.07, 6.45) is 11.2. The van der Waals surface area contributed by atoms with Crippen molar-refractivity contribution in [3.05, 3.63) is 60.2 Å². The van der Waals surface area contributed by atoms with Gasteiger partial charge in [-0.1, -0.05) is 54.6 Å². The zero-order valence-electron chi connectivity index (χ0n) is 23.5. The Kier molecular flexibility index (Phi) is 15.5. The van der Waals surface area contributed by atoms with Gasteiger partial charge in [0.25, 0.3) is 0 Å². The number of aryl methyl sites for hydroxylation is 1. The third-order valence-corrected chi connectivity index (χ3v) is 6.87. The highest BCUT2D eigenvalue weighted by atomic mass is 16.7. The molecular weight excluding hydrogens is 484 g/mol. The van der Waals surface area contributed by atoms with Gasteiger partial charge in [0.1, 0.15) is 0 Å². The first-order valence-electron chi connectivity index (χ1n) is 14.1. The van der Waals surface area contributed by atoms with Crippen LogP contribution in [0.4, 0.5) is 0 Å². The maximum absolute atomic E-state index is 11.0. The van der Waals surface area contributed by atoms with Crippen LogP contribution in [0.1, 0.15) is 71.8 Å². The van der Waals surface area contributed by atoms with E-state index in [4.69, 9.17) is 24.1 Å². The zero-order chi connectivity index (χ0) is 27.8. The molecule has 0 radical (unpaired) electrons. The quantitative estimate of drug-likeness (QED) is 0.130. The standard InChI is InChI=1S/C31H48O7/c1-5-35-23(3)37-26(19-18-25-14-10-9-11-15-25)20-21-28-27(16-12-7-8-13-17-31(33)34)29(32)22-30(28)38-24(4)36-6-2/h7,9-12,14-15,20-21,23-24,26-30,32H,5-6,8,13,16-19,22H2,1-4H3,(H,33,34)/b12-7-,21-20+/t23-,24-,26+,27-,28-,29-,30-/m1/s1. The molecule has 7 nitrogen and oxygen atoms in total. The van der Waals surface area contributed by atoms with Crippen LogP contribution in [0.25, 0.3) is 0 Å². The Hall–Kier alpha value is -2.03. The Morgan fingerprint density at radius 1 is 1.08 bits per heavy atom. The molecule has 1 aromatic rings. The van der Waals surface area contributed by atoms with Gasteiger partial charge in [0.2, 0.25) is 0 Å². The SMILES string of the molecule is CCO[C@@H](C)O[C@H](/C=C/[C@@H]1[C@@H](C/C=C\CCCC(=O)O)[C@H](O)C[C@H]1O[C@H](C)OCC)CCc1ccccc1. The Morgan fingerprint density at radius 2 is 1.79 bits per heavy atom. The van der Waals surface area contributed by atoms with Gasteiger partial charge in [0.05, 0.1) is 18.3 Å². The van der Waals surface area contributed by atoms with Crippen molar-refractivity contribution < 1.29 is 34.0 Å². The molecule has 7 atom stereocenters. The molecule has 0 amide bonds. The minimum absolute atomic E-state index is 0.0122. The summed E-state index contributed by atoms with van der Waals surface area (Å²) in [7, 11) is 0. The van der Waals surface area contributed by atoms with Gasteiger partial charge in [-0.3, -0.25) is 4.79 Å². The van der Waals surface area contributed by atoms with Gasteiger partial charge in [-0.05, 0) is 71.3 Å². The first kappa shape index (κ1) is 32.2. The molecule has 0 aliphatic heterocycles. The van der Waals surface area contributed by atoms with Gasteiger partial charge in [-0.15, -0.1) is 0 Å². The maximum Gasteiger partial charge on any atom is 0.303 e. The molecule has 214 valence electrons. The number of hydrogen-bond acceptors (Lipinski definition) is 6. The van der Waals surface area contributed by atoms with Crippen molar-refractivity contribution in [3.8, 4) is 0 Å². The van der Waals surface area contributed by atoms with Crippen LogP contribution < -0.4 is 0 Å². The number of allylic oxidation sites excluding steroid dienone is 2. The number of aliphatic hydroxyl groups is 1. The van der Waals surface area contributed by atoms with E-state index in [9.17, 15) is 9.90 Å². The van der Waals surface area contributed by atoms with Gasteiger partial charge in [-0.2, -0.15) is 0 Å². The smallest absolute Gasteiger partial charge is 0.303 e. The summed E-state index contributed by atoms with van der Waals surface area (Å²) in [5.74, 6) is -0.803. The number of aliphatic carboxylic acids is 1. The monoisotopic (exact) mass is 532 g/mol. The number of carboxylic acid groups (broad SMARTS) is 1. The van der Waals surface area contributed by atoms with Gasteiger partial charge in [0.15, 0.2) is 12.6 Å². The predicted octanol–water partition coefficient (Wildman–Crippen LogP) is 5.91. The number of unbranched alkanes of at least 4 members (excludes halogenated alkanes) is 1. The number of aliphatic hydroxyl groups excluding tert-OH is 1. The van der Waals surface area contributed by atoms with Crippen LogP contribution >= 0.6 is 0 Å². The predicted molar refractivity (Wildman–Crippen MR) is 149 cm³/mol. The molecule has 7 heteroatoms. The van der Waals surface area contributed by atoms with E-state index in [2.05, 4.69) is 30.4 Å². The molecule has 1 fully saturated rings. The fourth-order valence-electron chi connectivity index (χ4n) is 5.03. The lowest BCUT2D eigenvalue weighted by atomic mass is 9.89. The molecule has 1 aliphatic rings. The van der Waals surface area contributed by atoms with Crippen molar-refractivity contribution in [2.75, 3.05) is 13.2 Å². The van der Waals surface area contributed by atoms with Crippen LogP contribution in [0.15, 0.2) is 54.6 Å². The number of rotatable bonds is 19. The normalized spacial score (nSPS) is 24.2. The van der Waals surface area contributed by atoms with Crippen molar-refractivity contribution >= 4 is 5.97 Å². The van der Waals surface area contributed by atoms with E-state index in [1.54, 1.807) is 0 Å². The summed E-state index contributed by atoms with van der Waals surface area (Å²) in [5.41, 5.74) is 1.26. The first-order valence-corrected chi connectivity index (χ1v) is 14.1. The highest BCUT2D eigenvalue weighted by Gasteiger charge is 2.42. The van der Waals surface area contributed by atoms with Crippen molar-refractivity contribution in [2.45, 2.75) is 104 Å². The Morgan fingerprint density at radius 3 is 2.47 bits per heavy atom. The topological polar surface area (TPSA) is 94.5 Å². The van der Waals surface area contributed by atoms with Crippen molar-refractivity contribution in [2.24, 2.45) is 11.8 Å². The maximum atomic E-state index is 11.0. The van der Waals surface area contributed by atoms with Crippen LogP contribution in [0, 0.1) is 11.8 Å². The molecule has 0 spiro atoms. The fourth-order valence-corrected chi connectivity index (χ4v) is 5.03. The third kappa shape index (κ3) is 12.2. The molecule has 0 bridgehead atoms. The van der Waals surface area contributed by atoms with E-state index in [-0.39, 0.29) is 43.0 Å². The molecule has 1 aromatic carbocycles. The van der Waals surface area contributed by atoms with Crippen LogP contribution in [0.2, 0.25) is 0 Å². The Labute approximate surface area is 228 Å². The molecule has 38 heavy (non-hydrogen) atoms. The van der Waals surface area contributed by atoms with Crippen LogP contribution in [0.5, 0.6) is 0 Å². The number of benzene rings is 1. The summed E-state index contributed by atoms with van der Waals surface area (Å²) >= 11 is 0. The molecule has 1 saturated carbocycles. The second-order valence-corrected chi connectivity index (χ2v) is 9.84. The average Bonchev–Trinajstić information content (AvgIpc) is 3.17. The largest absolute Gasteiger partial charge is 0.481 e. The van der Waals surface area contributed by atoms with Crippen molar-refractivity contribution in [1.29, 1.82) is 0 Å². The molecule has 0 unspecified atom stereocenters. The Balaban J connectivity index is 2.15. The number of ether oxygens (including phenoxy) is 4. The van der Waals surface area contributed by atoms with E-state index in [1.807, 2.05) is 52.0 Å². The highest BCUT2D eigenvalue weighted by molar-refractivity contribution is 5.66. The molecule has 0 heterocycles. The second-order valence-electron chi connectivity index (χ2n) is 9.84. The lowest BCUT2D eigenvalue weighted by Gasteiger charge is -2.26. The highest BCUT2D eigenvalue weighted by Crippen LogP contribution is 2.39. The molecule has 2 rings (SSSR count). The summed E-state index contributed by atoms with van der Waals surface area (Å²) in [6.45, 7) is 8.84. The summed E-state index contributed by atoms with van der Waals surface area (Å²) in [6, 6.07) is 10.4. The molecule has 1 aliphatic carbocycles. The molecular formula is C31H48O7. The molecule has 0 saturated heterocycles. The number of carbonyl (C=O) groups is 1. The second kappa shape index (κ2) is 18.3. The summed E-state index contributed by atoms with van der Waals surface area (Å²) in [5, 5.41) is 19.8. The number of hydrogen-bond donors (Lipinski definition) is 2. The van der Waals surface area contributed by atoms with E-state index in [1.165, 1.54) is 5.56 Å². The summed E-state index contributed by atoms with van der Waals surface area (Å²) in [4.78, 5) is 10.7. The van der Waals surface area contributed by atoms with E-state index < -0.39 is 12.1 Å². The lowest BCUT2D eigenvalue weighted by Crippen LogP contribution is -2.27. The van der Waals surface area contributed by atoms with Crippen molar-refractivity contribution in [1.82, 2.24) is 0 Å². The van der Waals surface area contributed by atoms with E-state index >= 15 is 0 Å². The minimum atomic E-state index is -0.777. The fraction of sp³-hybridized carbons (Fsp3) is 0.645. The van der Waals surface area contributed by atoms with Gasteiger partial charge in [0, 0.05) is 32.0 Å². The van der Waals surface area contributed by atoms with Gasteiger partial charge >= 0.3 is 5.97 Å². The third-order valence-electron chi connectivity index (χ3n) is 6.87. The number of carboxylic acids is 1. The van der Waals surface area contributed by atoms with Crippen molar-refractivity contribution in [3.63, 3.8) is 0 Å². The van der Waals surface area contributed by atoms with Gasteiger partial charge in [-0.25, -0.2) is 0 Å². The average molecular weight is 533 g/mol. The van der Waals surface area contributed by atoms with Crippen LogP contribution in [-0.2, 0) is 30.2 Å². The molecule has 2 N–H and O–H groups in total. The first-order chi connectivity index (χ1) is 18.3. The summed E-state index contributed by atoms with van der Waals surface area (Å²) < 4.78 is 23.7. The van der Waals surface area contributed by atoms with Gasteiger partial charge < -0.3 is 29.2 Å². The van der Waals surface area contributed by atoms with E-state index in [0.29, 0.717) is 38.9 Å². The lowest BCUT2D eigenvalue weighted by molar-refractivity contribution is -0.163.